The molecule has 6 nitrogen and oxygen atoms in total. The fourth-order valence-electron chi connectivity index (χ4n) is 2.94. The van der Waals surface area contributed by atoms with E-state index in [-0.39, 0.29) is 36.1 Å². The van der Waals surface area contributed by atoms with Crippen molar-refractivity contribution < 1.29 is 24.5 Å². The van der Waals surface area contributed by atoms with Gasteiger partial charge in [-0.25, -0.2) is 4.79 Å². The first-order valence-corrected chi connectivity index (χ1v) is 9.98. The minimum absolute atomic E-state index is 0.0347. The summed E-state index contributed by atoms with van der Waals surface area (Å²) in [5, 5.41) is 19.5. The van der Waals surface area contributed by atoms with Crippen molar-refractivity contribution in [3.05, 3.63) is 94.0 Å². The van der Waals surface area contributed by atoms with Crippen molar-refractivity contribution in [3.63, 3.8) is 0 Å². The molecule has 0 aliphatic heterocycles. The molecule has 1 amide bonds. The van der Waals surface area contributed by atoms with Crippen LogP contribution in [0.2, 0.25) is 0 Å². The van der Waals surface area contributed by atoms with Crippen molar-refractivity contribution in [2.45, 2.75) is 13.1 Å². The molecule has 3 aromatic carbocycles. The van der Waals surface area contributed by atoms with Crippen molar-refractivity contribution in [1.29, 1.82) is 0 Å². The summed E-state index contributed by atoms with van der Waals surface area (Å²) >= 11 is 3.27. The van der Waals surface area contributed by atoms with Crippen molar-refractivity contribution in [2.75, 3.05) is 6.61 Å². The number of benzene rings is 3. The third kappa shape index (κ3) is 5.39. The molecule has 0 saturated heterocycles. The third-order valence-electron chi connectivity index (χ3n) is 4.46. The van der Waals surface area contributed by atoms with Crippen LogP contribution in [0.1, 0.15) is 21.5 Å². The molecule has 0 radical (unpaired) electrons. The lowest BCUT2D eigenvalue weighted by Crippen LogP contribution is -2.34. The van der Waals surface area contributed by atoms with Crippen LogP contribution < -0.4 is 4.74 Å². The van der Waals surface area contributed by atoms with E-state index in [1.807, 2.05) is 30.3 Å². The SMILES string of the molecule is O=C(O)c1cccc(Br)c1OCC(=O)N(Cc1ccccc1)Cc1ccccc1O. The van der Waals surface area contributed by atoms with Gasteiger partial charge in [-0.05, 0) is 39.7 Å². The number of nitrogens with zero attached hydrogens (tertiary/aromatic N) is 1. The summed E-state index contributed by atoms with van der Waals surface area (Å²) in [5.74, 6) is -1.29. The maximum atomic E-state index is 13.0. The van der Waals surface area contributed by atoms with Crippen LogP contribution in [0.3, 0.4) is 0 Å². The first kappa shape index (κ1) is 21.4. The molecule has 0 heterocycles. The highest BCUT2D eigenvalue weighted by Gasteiger charge is 2.20. The molecule has 0 atom stereocenters. The van der Waals surface area contributed by atoms with Gasteiger partial charge in [-0.2, -0.15) is 0 Å². The van der Waals surface area contributed by atoms with Gasteiger partial charge >= 0.3 is 5.97 Å². The number of para-hydroxylation sites is 2. The van der Waals surface area contributed by atoms with Crippen LogP contribution in [0.5, 0.6) is 11.5 Å². The fourth-order valence-corrected chi connectivity index (χ4v) is 3.42. The zero-order valence-electron chi connectivity index (χ0n) is 16.0. The predicted molar refractivity (Wildman–Crippen MR) is 115 cm³/mol. The molecule has 30 heavy (non-hydrogen) atoms. The van der Waals surface area contributed by atoms with Gasteiger partial charge in [0.15, 0.2) is 6.61 Å². The van der Waals surface area contributed by atoms with E-state index in [2.05, 4.69) is 15.9 Å². The van der Waals surface area contributed by atoms with E-state index in [0.29, 0.717) is 16.6 Å². The molecule has 0 aromatic heterocycles. The quantitative estimate of drug-likeness (QED) is 0.508. The van der Waals surface area contributed by atoms with Crippen LogP contribution in [-0.4, -0.2) is 33.6 Å². The number of phenols is 1. The van der Waals surface area contributed by atoms with Gasteiger partial charge in [0, 0.05) is 18.7 Å². The van der Waals surface area contributed by atoms with Crippen molar-refractivity contribution >= 4 is 27.8 Å². The van der Waals surface area contributed by atoms with E-state index in [4.69, 9.17) is 4.74 Å². The molecule has 3 rings (SSSR count). The predicted octanol–water partition coefficient (Wildman–Crippen LogP) is 4.46. The number of ether oxygens (including phenoxy) is 1. The fraction of sp³-hybridized carbons (Fsp3) is 0.130. The number of carboxylic acid groups (broad SMARTS) is 1. The standard InChI is InChI=1S/C23H20BrNO5/c24-19-11-6-10-18(23(28)29)22(19)30-15-21(27)25(13-16-7-2-1-3-8-16)14-17-9-4-5-12-20(17)26/h1-12,26H,13-15H2,(H,28,29). The Morgan fingerprint density at radius 1 is 0.900 bits per heavy atom. The summed E-state index contributed by atoms with van der Waals surface area (Å²) in [6.45, 7) is 0.161. The van der Waals surface area contributed by atoms with E-state index in [0.717, 1.165) is 5.56 Å². The number of halogens is 1. The molecule has 0 bridgehead atoms. The highest BCUT2D eigenvalue weighted by molar-refractivity contribution is 9.10. The lowest BCUT2D eigenvalue weighted by Gasteiger charge is -2.24. The van der Waals surface area contributed by atoms with Gasteiger partial charge in [-0.1, -0.05) is 54.6 Å². The van der Waals surface area contributed by atoms with Crippen LogP contribution in [-0.2, 0) is 17.9 Å². The number of rotatable bonds is 8. The Balaban J connectivity index is 1.80. The number of phenolic OH excluding ortho intramolecular Hbond substituents is 1. The smallest absolute Gasteiger partial charge is 0.339 e. The average molecular weight is 470 g/mol. The normalized spacial score (nSPS) is 10.4. The number of amides is 1. The van der Waals surface area contributed by atoms with Gasteiger partial charge in [-0.15, -0.1) is 0 Å². The van der Waals surface area contributed by atoms with Gasteiger partial charge < -0.3 is 19.8 Å². The van der Waals surface area contributed by atoms with E-state index in [9.17, 15) is 19.8 Å². The molecule has 3 aromatic rings. The monoisotopic (exact) mass is 469 g/mol. The third-order valence-corrected chi connectivity index (χ3v) is 5.08. The van der Waals surface area contributed by atoms with Crippen LogP contribution >= 0.6 is 15.9 Å². The minimum atomic E-state index is -1.14. The van der Waals surface area contributed by atoms with Crippen LogP contribution in [0.25, 0.3) is 0 Å². The topological polar surface area (TPSA) is 87.1 Å². The zero-order valence-corrected chi connectivity index (χ0v) is 17.6. The second kappa shape index (κ2) is 9.93. The lowest BCUT2D eigenvalue weighted by molar-refractivity contribution is -0.134. The first-order valence-electron chi connectivity index (χ1n) is 9.19. The maximum absolute atomic E-state index is 13.0. The Morgan fingerprint density at radius 3 is 2.30 bits per heavy atom. The number of carbonyl (C=O) groups is 2. The van der Waals surface area contributed by atoms with E-state index in [1.54, 1.807) is 41.3 Å². The Labute approximate surface area is 182 Å². The average Bonchev–Trinajstić information content (AvgIpc) is 2.74. The second-order valence-electron chi connectivity index (χ2n) is 6.57. The van der Waals surface area contributed by atoms with Crippen LogP contribution in [0.4, 0.5) is 0 Å². The molecule has 0 spiro atoms. The highest BCUT2D eigenvalue weighted by atomic mass is 79.9. The summed E-state index contributed by atoms with van der Waals surface area (Å²) in [4.78, 5) is 26.0. The van der Waals surface area contributed by atoms with E-state index >= 15 is 0 Å². The Hall–Kier alpha value is -3.32. The molecular weight excluding hydrogens is 450 g/mol. The summed E-state index contributed by atoms with van der Waals surface area (Å²) < 4.78 is 6.05. The van der Waals surface area contributed by atoms with Crippen molar-refractivity contribution in [2.24, 2.45) is 0 Å². The van der Waals surface area contributed by atoms with Crippen molar-refractivity contribution in [1.82, 2.24) is 4.90 Å². The first-order chi connectivity index (χ1) is 14.5. The van der Waals surface area contributed by atoms with Gasteiger partial charge in [0.1, 0.15) is 17.1 Å². The molecule has 0 unspecified atom stereocenters. The summed E-state index contributed by atoms with van der Waals surface area (Å²) in [5.41, 5.74) is 1.50. The van der Waals surface area contributed by atoms with E-state index in [1.165, 1.54) is 6.07 Å². The number of aromatic carboxylic acids is 1. The second-order valence-corrected chi connectivity index (χ2v) is 7.43. The molecule has 2 N–H and O–H groups in total. The summed E-state index contributed by atoms with van der Waals surface area (Å²) in [6.07, 6.45) is 0. The highest BCUT2D eigenvalue weighted by Crippen LogP contribution is 2.29. The molecular formula is C23H20BrNO5. The van der Waals surface area contributed by atoms with Gasteiger partial charge in [0.2, 0.25) is 0 Å². The molecule has 7 heteroatoms. The van der Waals surface area contributed by atoms with Crippen molar-refractivity contribution in [3.8, 4) is 11.5 Å². The number of hydrogen-bond donors (Lipinski definition) is 2. The maximum Gasteiger partial charge on any atom is 0.339 e. The van der Waals surface area contributed by atoms with Crippen LogP contribution in [0, 0.1) is 0 Å². The molecule has 0 aliphatic rings. The Kier molecular flexibility index (Phi) is 7.08. The van der Waals surface area contributed by atoms with Gasteiger partial charge in [0.05, 0.1) is 4.47 Å². The largest absolute Gasteiger partial charge is 0.508 e. The number of carboxylic acids is 1. The number of aromatic hydroxyl groups is 1. The Bertz CT molecular complexity index is 1040. The zero-order chi connectivity index (χ0) is 21.5. The Morgan fingerprint density at radius 2 is 1.60 bits per heavy atom. The summed E-state index contributed by atoms with van der Waals surface area (Å²) in [7, 11) is 0. The van der Waals surface area contributed by atoms with E-state index < -0.39 is 5.97 Å². The number of carbonyl (C=O) groups excluding carboxylic acids is 1. The molecule has 0 saturated carbocycles. The van der Waals surface area contributed by atoms with Gasteiger partial charge in [-0.3, -0.25) is 4.79 Å². The van der Waals surface area contributed by atoms with Gasteiger partial charge in [0.25, 0.3) is 5.91 Å². The summed E-state index contributed by atoms with van der Waals surface area (Å²) in [6, 6.07) is 20.9. The molecule has 0 aliphatic carbocycles. The van der Waals surface area contributed by atoms with Crippen LogP contribution in [0.15, 0.2) is 77.3 Å². The number of hydrogen-bond acceptors (Lipinski definition) is 4. The molecule has 0 fully saturated rings. The lowest BCUT2D eigenvalue weighted by atomic mass is 10.1. The molecule has 154 valence electrons. The minimum Gasteiger partial charge on any atom is -0.508 e.